The van der Waals surface area contributed by atoms with Gasteiger partial charge in [-0.25, -0.2) is 0 Å². The van der Waals surface area contributed by atoms with E-state index in [1.54, 1.807) is 0 Å². The van der Waals surface area contributed by atoms with E-state index in [2.05, 4.69) is 228 Å². The van der Waals surface area contributed by atoms with Crippen molar-refractivity contribution in [2.45, 2.75) is 0 Å². The average molecular weight is 689 g/mol. The van der Waals surface area contributed by atoms with Crippen LogP contribution in [0.1, 0.15) is 0 Å². The zero-order valence-corrected chi connectivity index (χ0v) is 29.7. The van der Waals surface area contributed by atoms with Crippen molar-refractivity contribution in [3.8, 4) is 39.1 Å². The van der Waals surface area contributed by atoms with E-state index < -0.39 is 0 Å². The second-order valence-electron chi connectivity index (χ2n) is 13.8. The molecule has 0 fully saturated rings. The minimum absolute atomic E-state index is 1.10. The van der Waals surface area contributed by atoms with Crippen LogP contribution in [0.15, 0.2) is 218 Å². The van der Waals surface area contributed by atoms with E-state index in [1.807, 2.05) is 0 Å². The summed E-state index contributed by atoms with van der Waals surface area (Å²) in [6.07, 6.45) is 0. The molecule has 2 heteroatoms. The van der Waals surface area contributed by atoms with Gasteiger partial charge in [0.25, 0.3) is 0 Å². The van der Waals surface area contributed by atoms with Crippen molar-refractivity contribution < 1.29 is 0 Å². The highest BCUT2D eigenvalue weighted by Crippen LogP contribution is 2.43. The fraction of sp³-hybridized carbons (Fsp3) is 0. The van der Waals surface area contributed by atoms with Gasteiger partial charge < -0.3 is 9.47 Å². The summed E-state index contributed by atoms with van der Waals surface area (Å²) >= 11 is 0. The van der Waals surface area contributed by atoms with Crippen LogP contribution >= 0.6 is 0 Å². The lowest BCUT2D eigenvalue weighted by molar-refractivity contribution is 1.18. The van der Waals surface area contributed by atoms with E-state index in [0.717, 1.165) is 17.1 Å². The molecule has 1 aromatic heterocycles. The third-order valence-corrected chi connectivity index (χ3v) is 10.6. The van der Waals surface area contributed by atoms with Crippen LogP contribution in [0.3, 0.4) is 0 Å². The number of para-hydroxylation sites is 3. The highest BCUT2D eigenvalue weighted by molar-refractivity contribution is 6.21. The van der Waals surface area contributed by atoms with E-state index in [4.69, 9.17) is 0 Å². The first-order chi connectivity index (χ1) is 26.8. The first-order valence-electron chi connectivity index (χ1n) is 18.5. The number of fused-ring (bicyclic) bond motifs is 5. The van der Waals surface area contributed by atoms with Gasteiger partial charge in [0.15, 0.2) is 0 Å². The van der Waals surface area contributed by atoms with Gasteiger partial charge in [0.2, 0.25) is 0 Å². The lowest BCUT2D eigenvalue weighted by atomic mass is 9.97. The summed E-state index contributed by atoms with van der Waals surface area (Å²) in [5.41, 5.74) is 14.1. The van der Waals surface area contributed by atoms with Gasteiger partial charge in [0.05, 0.1) is 16.7 Å². The molecule has 0 saturated carbocycles. The molecule has 10 rings (SSSR count). The Hall–Kier alpha value is -7.16. The predicted molar refractivity (Wildman–Crippen MR) is 229 cm³/mol. The Morgan fingerprint density at radius 1 is 0.333 bits per heavy atom. The lowest BCUT2D eigenvalue weighted by Crippen LogP contribution is -2.11. The van der Waals surface area contributed by atoms with Crippen molar-refractivity contribution in [2.24, 2.45) is 0 Å². The number of benzene rings is 9. The summed E-state index contributed by atoms with van der Waals surface area (Å²) in [7, 11) is 0. The van der Waals surface area contributed by atoms with Crippen LogP contribution in [0.25, 0.3) is 71.6 Å². The second-order valence-corrected chi connectivity index (χ2v) is 13.8. The highest BCUT2D eigenvalue weighted by Gasteiger charge is 2.18. The number of aromatic nitrogens is 1. The van der Waals surface area contributed by atoms with Gasteiger partial charge in [-0.2, -0.15) is 0 Å². The standard InChI is InChI=1S/C52H36N2/c1-4-14-37(15-5-1)38-26-31-44(32-27-38)53(49-22-12-10-20-46(49)40-16-6-2-7-17-40)45-33-28-39(29-34-45)42-25-24-41-30-35-51-52(48(41)36-42)47-21-11-13-23-50(47)54(51)43-18-8-3-9-19-43/h1-36H. The molecule has 0 aliphatic heterocycles. The van der Waals surface area contributed by atoms with E-state index in [1.165, 1.54) is 71.6 Å². The fourth-order valence-electron chi connectivity index (χ4n) is 8.02. The molecule has 254 valence electrons. The largest absolute Gasteiger partial charge is 0.310 e. The van der Waals surface area contributed by atoms with Crippen LogP contribution in [-0.4, -0.2) is 4.57 Å². The van der Waals surface area contributed by atoms with Gasteiger partial charge in [-0.3, -0.25) is 0 Å². The molecule has 0 aliphatic rings. The summed E-state index contributed by atoms with van der Waals surface area (Å²) in [6.45, 7) is 0. The van der Waals surface area contributed by atoms with Gasteiger partial charge in [0.1, 0.15) is 0 Å². The molecular weight excluding hydrogens is 653 g/mol. The molecule has 1 heterocycles. The minimum atomic E-state index is 1.10. The van der Waals surface area contributed by atoms with Gasteiger partial charge >= 0.3 is 0 Å². The first kappa shape index (κ1) is 31.6. The van der Waals surface area contributed by atoms with Gasteiger partial charge in [0, 0.05) is 33.4 Å². The third-order valence-electron chi connectivity index (χ3n) is 10.6. The number of rotatable bonds is 7. The second kappa shape index (κ2) is 13.4. The number of anilines is 3. The smallest absolute Gasteiger partial charge is 0.0547 e. The molecule has 10 aromatic rings. The number of hydrogen-bond donors (Lipinski definition) is 0. The molecule has 2 nitrogen and oxygen atoms in total. The average Bonchev–Trinajstić information content (AvgIpc) is 3.60. The van der Waals surface area contributed by atoms with Gasteiger partial charge in [-0.05, 0) is 99.3 Å². The van der Waals surface area contributed by atoms with Crippen LogP contribution < -0.4 is 4.90 Å². The molecule has 0 radical (unpaired) electrons. The van der Waals surface area contributed by atoms with Crippen LogP contribution in [0.2, 0.25) is 0 Å². The molecule has 0 unspecified atom stereocenters. The van der Waals surface area contributed by atoms with Crippen LogP contribution in [0, 0.1) is 0 Å². The summed E-state index contributed by atoms with van der Waals surface area (Å²) in [5.74, 6) is 0. The van der Waals surface area contributed by atoms with Crippen molar-refractivity contribution in [2.75, 3.05) is 4.90 Å². The third kappa shape index (κ3) is 5.53. The van der Waals surface area contributed by atoms with Crippen molar-refractivity contribution in [1.82, 2.24) is 4.57 Å². The Labute approximate surface area is 315 Å². The Morgan fingerprint density at radius 3 is 1.56 bits per heavy atom. The zero-order chi connectivity index (χ0) is 35.8. The molecule has 54 heavy (non-hydrogen) atoms. The lowest BCUT2D eigenvalue weighted by Gasteiger charge is -2.28. The Balaban J connectivity index is 1.09. The van der Waals surface area contributed by atoms with Crippen LogP contribution in [0.4, 0.5) is 17.1 Å². The van der Waals surface area contributed by atoms with Gasteiger partial charge in [-0.15, -0.1) is 0 Å². The van der Waals surface area contributed by atoms with E-state index in [0.29, 0.717) is 0 Å². The van der Waals surface area contributed by atoms with Crippen molar-refractivity contribution in [3.63, 3.8) is 0 Å². The minimum Gasteiger partial charge on any atom is -0.310 e. The molecule has 0 spiro atoms. The number of nitrogens with zero attached hydrogens (tertiary/aromatic N) is 2. The fourth-order valence-corrected chi connectivity index (χ4v) is 8.02. The molecule has 0 bridgehead atoms. The monoisotopic (exact) mass is 688 g/mol. The Kier molecular flexibility index (Phi) is 7.85. The van der Waals surface area contributed by atoms with E-state index >= 15 is 0 Å². The normalized spacial score (nSPS) is 11.3. The van der Waals surface area contributed by atoms with Crippen molar-refractivity contribution >= 4 is 49.6 Å². The van der Waals surface area contributed by atoms with Crippen LogP contribution in [0.5, 0.6) is 0 Å². The van der Waals surface area contributed by atoms with Gasteiger partial charge in [-0.1, -0.05) is 158 Å². The van der Waals surface area contributed by atoms with Crippen LogP contribution in [-0.2, 0) is 0 Å². The summed E-state index contributed by atoms with van der Waals surface area (Å²) in [6, 6.07) is 78.8. The molecule has 0 saturated heterocycles. The quantitative estimate of drug-likeness (QED) is 0.162. The summed E-state index contributed by atoms with van der Waals surface area (Å²) in [5, 5.41) is 5.05. The molecule has 0 amide bonds. The highest BCUT2D eigenvalue weighted by atomic mass is 15.1. The Bertz CT molecular complexity index is 2890. The maximum atomic E-state index is 2.39. The predicted octanol–water partition coefficient (Wildman–Crippen LogP) is 14.4. The van der Waals surface area contributed by atoms with Crippen molar-refractivity contribution in [3.05, 3.63) is 218 Å². The Morgan fingerprint density at radius 2 is 0.852 bits per heavy atom. The summed E-state index contributed by atoms with van der Waals surface area (Å²) in [4.78, 5) is 2.38. The molecule has 0 aliphatic carbocycles. The topological polar surface area (TPSA) is 8.17 Å². The van der Waals surface area contributed by atoms with E-state index in [-0.39, 0.29) is 0 Å². The molecule has 9 aromatic carbocycles. The molecular formula is C52H36N2. The van der Waals surface area contributed by atoms with Crippen molar-refractivity contribution in [1.29, 1.82) is 0 Å². The van der Waals surface area contributed by atoms with E-state index in [9.17, 15) is 0 Å². The first-order valence-corrected chi connectivity index (χ1v) is 18.5. The SMILES string of the molecule is c1ccc(-c2ccc(N(c3ccc(-c4ccc5ccc6c(c5c4)c4ccccc4n6-c4ccccc4)cc3)c3ccccc3-c3ccccc3)cc2)cc1. The zero-order valence-electron chi connectivity index (χ0n) is 29.7. The maximum Gasteiger partial charge on any atom is 0.0547 e. The molecule has 0 atom stereocenters. The molecule has 0 N–H and O–H groups in total. The number of hydrogen-bond acceptors (Lipinski definition) is 1. The maximum absolute atomic E-state index is 2.39. The summed E-state index contributed by atoms with van der Waals surface area (Å²) < 4.78 is 2.39.